The third-order valence-corrected chi connectivity index (χ3v) is 11.3. The summed E-state index contributed by atoms with van der Waals surface area (Å²) in [6.07, 6.45) is 27.2. The van der Waals surface area contributed by atoms with Gasteiger partial charge < -0.3 is 29.0 Å². The first kappa shape index (κ1) is 51.6. The SMILES string of the molecule is C=CCOP(=O)(OCC=C)O[C@H]1[C@H](OCC[C@@H](CCCCCCC)OC)[C@@H](NC(=O)CCCCCCCCC/C=C\CCCCCC)C(OC)O[C@@H]1COC. The number of phosphoric ester groups is 1. The molecule has 0 aromatic heterocycles. The van der Waals surface area contributed by atoms with E-state index in [0.29, 0.717) is 19.4 Å². The Kier molecular flexibility index (Phi) is 32.5. The molecule has 1 rings (SSSR count). The van der Waals surface area contributed by atoms with E-state index in [0.717, 1.165) is 44.9 Å². The first-order valence-electron chi connectivity index (χ1n) is 21.4. The molecule has 55 heavy (non-hydrogen) atoms. The fraction of sp³-hybridized carbons (Fsp3) is 0.837. The van der Waals surface area contributed by atoms with Gasteiger partial charge in [0.05, 0.1) is 25.9 Å². The molecule has 0 spiro atoms. The van der Waals surface area contributed by atoms with Crippen LogP contribution in [0.3, 0.4) is 0 Å². The molecule has 1 N–H and O–H groups in total. The molecule has 11 nitrogen and oxygen atoms in total. The Morgan fingerprint density at radius 2 is 1.33 bits per heavy atom. The maximum atomic E-state index is 13.9. The average molecular weight is 802 g/mol. The quantitative estimate of drug-likeness (QED) is 0.0367. The first-order chi connectivity index (χ1) is 26.8. The van der Waals surface area contributed by atoms with Gasteiger partial charge in [0.25, 0.3) is 0 Å². The van der Waals surface area contributed by atoms with Crippen LogP contribution in [0.5, 0.6) is 0 Å². The van der Waals surface area contributed by atoms with Crippen LogP contribution in [0.4, 0.5) is 0 Å². The second kappa shape index (κ2) is 34.6. The van der Waals surface area contributed by atoms with Crippen LogP contribution in [0.1, 0.15) is 149 Å². The summed E-state index contributed by atoms with van der Waals surface area (Å²) >= 11 is 0. The Morgan fingerprint density at radius 1 is 0.764 bits per heavy atom. The molecule has 12 heteroatoms. The molecule has 0 aliphatic carbocycles. The molecule has 1 saturated heterocycles. The van der Waals surface area contributed by atoms with Crippen LogP contribution in [0.25, 0.3) is 0 Å². The topological polar surface area (TPSA) is 120 Å². The lowest BCUT2D eigenvalue weighted by Gasteiger charge is -2.46. The van der Waals surface area contributed by atoms with E-state index in [2.05, 4.69) is 44.5 Å². The monoisotopic (exact) mass is 802 g/mol. The van der Waals surface area contributed by atoms with Gasteiger partial charge in [-0.25, -0.2) is 4.57 Å². The molecule has 0 saturated carbocycles. The van der Waals surface area contributed by atoms with Gasteiger partial charge in [-0.05, 0) is 44.9 Å². The number of methoxy groups -OCH3 is 3. The number of rotatable bonds is 38. The molecule has 1 amide bonds. The summed E-state index contributed by atoms with van der Waals surface area (Å²) in [5.41, 5.74) is 0. The number of ether oxygens (including phenoxy) is 5. The Hall–Kier alpha value is -1.40. The highest BCUT2D eigenvalue weighted by Gasteiger charge is 2.51. The van der Waals surface area contributed by atoms with E-state index in [1.54, 1.807) is 7.11 Å². The lowest BCUT2D eigenvalue weighted by atomic mass is 9.96. The second-order valence-corrected chi connectivity index (χ2v) is 16.2. The number of amides is 1. The van der Waals surface area contributed by atoms with Gasteiger partial charge in [-0.3, -0.25) is 18.4 Å². The van der Waals surface area contributed by atoms with Gasteiger partial charge in [0, 0.05) is 34.4 Å². The van der Waals surface area contributed by atoms with Gasteiger partial charge in [-0.1, -0.05) is 122 Å². The Bertz CT molecular complexity index is 1010. The van der Waals surface area contributed by atoms with Crippen molar-refractivity contribution in [1.82, 2.24) is 5.32 Å². The highest BCUT2D eigenvalue weighted by molar-refractivity contribution is 7.48. The van der Waals surface area contributed by atoms with E-state index in [1.807, 2.05) is 0 Å². The van der Waals surface area contributed by atoms with E-state index < -0.39 is 38.5 Å². The number of carbonyl (C=O) groups is 1. The van der Waals surface area contributed by atoms with E-state index in [9.17, 15) is 9.36 Å². The van der Waals surface area contributed by atoms with Crippen molar-refractivity contribution in [3.63, 3.8) is 0 Å². The molecule has 0 aromatic rings. The number of phosphoric acid groups is 1. The van der Waals surface area contributed by atoms with Gasteiger partial charge in [0.2, 0.25) is 5.91 Å². The van der Waals surface area contributed by atoms with E-state index in [4.69, 9.17) is 37.3 Å². The zero-order chi connectivity index (χ0) is 40.4. The minimum absolute atomic E-state index is 0.00163. The summed E-state index contributed by atoms with van der Waals surface area (Å²) in [7, 11) is 0.592. The number of carbonyl (C=O) groups excluding carboxylic acids is 1. The Labute approximate surface area is 335 Å². The molecule has 1 unspecified atom stereocenters. The van der Waals surface area contributed by atoms with Gasteiger partial charge in [-0.15, -0.1) is 13.2 Å². The minimum Gasteiger partial charge on any atom is -0.382 e. The lowest BCUT2D eigenvalue weighted by Crippen LogP contribution is -2.66. The minimum atomic E-state index is -4.18. The fourth-order valence-electron chi connectivity index (χ4n) is 6.72. The molecule has 322 valence electrons. The normalized spacial score (nSPS) is 20.9. The van der Waals surface area contributed by atoms with Crippen molar-refractivity contribution in [2.75, 3.05) is 47.8 Å². The number of nitrogens with one attached hydrogen (secondary N) is 1. The van der Waals surface area contributed by atoms with Gasteiger partial charge in [0.15, 0.2) is 6.29 Å². The van der Waals surface area contributed by atoms with Crippen molar-refractivity contribution < 1.29 is 46.6 Å². The zero-order valence-corrected chi connectivity index (χ0v) is 36.3. The fourth-order valence-corrected chi connectivity index (χ4v) is 8.05. The van der Waals surface area contributed by atoms with Crippen LogP contribution < -0.4 is 5.32 Å². The predicted molar refractivity (Wildman–Crippen MR) is 222 cm³/mol. The van der Waals surface area contributed by atoms with Crippen molar-refractivity contribution in [3.8, 4) is 0 Å². The number of unbranched alkanes of at least 4 members (excludes halogenated alkanes) is 15. The molecule has 0 radical (unpaired) electrons. The molecule has 0 bridgehead atoms. The van der Waals surface area contributed by atoms with Crippen LogP contribution in [-0.4, -0.2) is 90.4 Å². The van der Waals surface area contributed by atoms with Crippen LogP contribution >= 0.6 is 7.82 Å². The summed E-state index contributed by atoms with van der Waals surface area (Å²) < 4.78 is 61.1. The molecule has 1 aliphatic heterocycles. The van der Waals surface area contributed by atoms with Crippen molar-refractivity contribution in [1.29, 1.82) is 0 Å². The maximum Gasteiger partial charge on any atom is 0.475 e. The number of allylic oxidation sites excluding steroid dienone is 2. The Balaban J connectivity index is 2.93. The van der Waals surface area contributed by atoms with Crippen molar-refractivity contribution in [3.05, 3.63) is 37.5 Å². The van der Waals surface area contributed by atoms with Crippen LogP contribution in [-0.2, 0) is 46.6 Å². The summed E-state index contributed by atoms with van der Waals surface area (Å²) in [4.78, 5) is 13.5. The summed E-state index contributed by atoms with van der Waals surface area (Å²) in [5.74, 6) is -0.148. The number of hydrogen-bond acceptors (Lipinski definition) is 10. The molecule has 1 aliphatic rings. The van der Waals surface area contributed by atoms with Crippen molar-refractivity contribution in [2.24, 2.45) is 0 Å². The van der Waals surface area contributed by atoms with Crippen LogP contribution in [0.15, 0.2) is 37.5 Å². The lowest BCUT2D eigenvalue weighted by molar-refractivity contribution is -0.269. The maximum absolute atomic E-state index is 13.9. The largest absolute Gasteiger partial charge is 0.475 e. The molecular weight excluding hydrogens is 721 g/mol. The average Bonchev–Trinajstić information content (AvgIpc) is 3.18. The standard InChI is InChI=1S/C43H80NO10P/c1-8-12-14-16-17-18-19-20-21-22-23-24-25-27-29-31-39(45)44-40-42(50-35-32-37(48-6)30-28-26-15-13-9-2)41(38(36-47-5)53-43(40)49-7)54-55(46,51-33-10-3)52-34-11-4/h10-11,18-19,37-38,40-43H,3-4,8-9,12-17,20-36H2,1-2,5-7H3,(H,44,45)/b19-18-/t37-,38-,40-,41-,42-,43?/m1/s1. The smallest absolute Gasteiger partial charge is 0.382 e. The third-order valence-electron chi connectivity index (χ3n) is 9.87. The molecule has 1 fully saturated rings. The molecule has 1 heterocycles. The first-order valence-corrected chi connectivity index (χ1v) is 22.8. The number of hydrogen-bond donors (Lipinski definition) is 1. The molecular formula is C43H80NO10P. The van der Waals surface area contributed by atoms with E-state index >= 15 is 0 Å². The molecule has 6 atom stereocenters. The van der Waals surface area contributed by atoms with Gasteiger partial charge >= 0.3 is 7.82 Å². The van der Waals surface area contributed by atoms with Gasteiger partial charge in [0.1, 0.15) is 24.4 Å². The van der Waals surface area contributed by atoms with Crippen LogP contribution in [0.2, 0.25) is 0 Å². The van der Waals surface area contributed by atoms with E-state index in [-0.39, 0.29) is 31.8 Å². The Morgan fingerprint density at radius 3 is 1.89 bits per heavy atom. The highest BCUT2D eigenvalue weighted by atomic mass is 31.2. The zero-order valence-electron chi connectivity index (χ0n) is 35.4. The third kappa shape index (κ3) is 24.2. The second-order valence-electron chi connectivity index (χ2n) is 14.5. The van der Waals surface area contributed by atoms with E-state index in [1.165, 1.54) is 103 Å². The predicted octanol–water partition coefficient (Wildman–Crippen LogP) is 10.6. The summed E-state index contributed by atoms with van der Waals surface area (Å²) in [6, 6.07) is -0.789. The summed E-state index contributed by atoms with van der Waals surface area (Å²) in [6.45, 7) is 12.0. The van der Waals surface area contributed by atoms with Crippen LogP contribution in [0, 0.1) is 0 Å². The highest BCUT2D eigenvalue weighted by Crippen LogP contribution is 2.52. The van der Waals surface area contributed by atoms with Crippen molar-refractivity contribution in [2.45, 2.75) is 185 Å². The molecule has 0 aromatic carbocycles. The summed E-state index contributed by atoms with van der Waals surface area (Å²) in [5, 5.41) is 3.11. The van der Waals surface area contributed by atoms with Gasteiger partial charge in [-0.2, -0.15) is 0 Å². The van der Waals surface area contributed by atoms with Crippen molar-refractivity contribution >= 4 is 13.7 Å².